The molecule has 1 saturated carbocycles. The quantitative estimate of drug-likeness (QED) is 0.776. The van der Waals surface area contributed by atoms with Crippen LogP contribution >= 0.6 is 0 Å². The second-order valence-corrected chi connectivity index (χ2v) is 4.93. The van der Waals surface area contributed by atoms with E-state index in [0.717, 1.165) is 12.5 Å². The Labute approximate surface area is 94.7 Å². The lowest BCUT2D eigenvalue weighted by Crippen LogP contribution is -2.40. The van der Waals surface area contributed by atoms with E-state index in [1.165, 1.54) is 44.9 Å². The monoisotopic (exact) mass is 213 g/mol. The summed E-state index contributed by atoms with van der Waals surface area (Å²) in [6.07, 6.45) is 9.61. The van der Waals surface area contributed by atoms with E-state index in [9.17, 15) is 0 Å². The molecule has 1 N–H and O–H groups in total. The summed E-state index contributed by atoms with van der Waals surface area (Å²) in [5.74, 6) is 0.849. The molecule has 2 unspecified atom stereocenters. The molecule has 0 heterocycles. The lowest BCUT2D eigenvalue weighted by atomic mass is 9.84. The minimum Gasteiger partial charge on any atom is -0.395 e. The van der Waals surface area contributed by atoms with Crippen molar-refractivity contribution in [3.8, 4) is 0 Å². The van der Waals surface area contributed by atoms with Gasteiger partial charge >= 0.3 is 0 Å². The number of nitrogens with zero attached hydrogens (tertiary/aromatic N) is 1. The molecule has 15 heavy (non-hydrogen) atoms. The molecule has 0 spiro atoms. The van der Waals surface area contributed by atoms with Crippen LogP contribution in [0.1, 0.15) is 51.9 Å². The zero-order valence-corrected chi connectivity index (χ0v) is 10.4. The fourth-order valence-corrected chi connectivity index (χ4v) is 2.92. The highest BCUT2D eigenvalue weighted by Crippen LogP contribution is 2.28. The molecular formula is C13H27NO. The molecule has 0 aromatic rings. The van der Waals surface area contributed by atoms with Gasteiger partial charge in [-0.25, -0.2) is 0 Å². The standard InChI is InChI=1S/C13H27NO/c1-3-12-8-6-4-5-7-9-13(12)14(2)10-11-15/h12-13,15H,3-11H2,1-2H3. The molecule has 1 rings (SSSR count). The smallest absolute Gasteiger partial charge is 0.0558 e. The Morgan fingerprint density at radius 3 is 2.40 bits per heavy atom. The lowest BCUT2D eigenvalue weighted by Gasteiger charge is -2.35. The highest BCUT2D eigenvalue weighted by Gasteiger charge is 2.24. The summed E-state index contributed by atoms with van der Waals surface area (Å²) >= 11 is 0. The summed E-state index contributed by atoms with van der Waals surface area (Å²) in [5.41, 5.74) is 0. The Kier molecular flexibility index (Phi) is 6.26. The maximum Gasteiger partial charge on any atom is 0.0558 e. The van der Waals surface area contributed by atoms with Gasteiger partial charge in [0.1, 0.15) is 0 Å². The molecule has 1 fully saturated rings. The Bertz CT molecular complexity index is 161. The molecule has 1 aliphatic carbocycles. The molecule has 2 atom stereocenters. The van der Waals surface area contributed by atoms with E-state index in [1.807, 2.05) is 0 Å². The fraction of sp³-hybridized carbons (Fsp3) is 1.00. The van der Waals surface area contributed by atoms with Crippen molar-refractivity contribution in [1.82, 2.24) is 4.90 Å². The zero-order chi connectivity index (χ0) is 11.1. The van der Waals surface area contributed by atoms with Crippen molar-refractivity contribution in [1.29, 1.82) is 0 Å². The summed E-state index contributed by atoms with van der Waals surface area (Å²) < 4.78 is 0. The van der Waals surface area contributed by atoms with Crippen LogP contribution in [0.15, 0.2) is 0 Å². The molecule has 0 amide bonds. The minimum atomic E-state index is 0.295. The Morgan fingerprint density at radius 1 is 1.13 bits per heavy atom. The number of hydrogen-bond donors (Lipinski definition) is 1. The predicted molar refractivity (Wildman–Crippen MR) is 65.0 cm³/mol. The van der Waals surface area contributed by atoms with Gasteiger partial charge in [0, 0.05) is 12.6 Å². The molecule has 0 radical (unpaired) electrons. The summed E-state index contributed by atoms with van der Waals surface area (Å²) in [6.45, 7) is 3.44. The topological polar surface area (TPSA) is 23.5 Å². The second kappa shape index (κ2) is 7.24. The number of likely N-dealkylation sites (N-methyl/N-ethyl adjacent to an activating group) is 1. The van der Waals surface area contributed by atoms with Crippen molar-refractivity contribution in [2.24, 2.45) is 5.92 Å². The fourth-order valence-electron chi connectivity index (χ4n) is 2.92. The highest BCUT2D eigenvalue weighted by atomic mass is 16.3. The van der Waals surface area contributed by atoms with Crippen LogP contribution in [-0.4, -0.2) is 36.2 Å². The van der Waals surface area contributed by atoms with Crippen molar-refractivity contribution in [2.75, 3.05) is 20.2 Å². The first-order valence-corrected chi connectivity index (χ1v) is 6.60. The first kappa shape index (κ1) is 13.0. The number of hydrogen-bond acceptors (Lipinski definition) is 2. The van der Waals surface area contributed by atoms with E-state index in [0.29, 0.717) is 12.6 Å². The highest BCUT2D eigenvalue weighted by molar-refractivity contribution is 4.78. The van der Waals surface area contributed by atoms with Gasteiger partial charge in [-0.15, -0.1) is 0 Å². The molecule has 90 valence electrons. The largest absolute Gasteiger partial charge is 0.395 e. The average molecular weight is 213 g/mol. The average Bonchev–Trinajstić information content (AvgIpc) is 2.18. The van der Waals surface area contributed by atoms with Gasteiger partial charge in [-0.2, -0.15) is 0 Å². The summed E-state index contributed by atoms with van der Waals surface area (Å²) in [4.78, 5) is 2.37. The van der Waals surface area contributed by atoms with Crippen LogP contribution in [0.5, 0.6) is 0 Å². The van der Waals surface area contributed by atoms with E-state index in [4.69, 9.17) is 5.11 Å². The van der Waals surface area contributed by atoms with Crippen molar-refractivity contribution in [3.63, 3.8) is 0 Å². The second-order valence-electron chi connectivity index (χ2n) is 4.93. The third-order valence-electron chi connectivity index (χ3n) is 3.91. The Hall–Kier alpha value is -0.0800. The lowest BCUT2D eigenvalue weighted by molar-refractivity contribution is 0.117. The maximum atomic E-state index is 9.01. The number of aliphatic hydroxyl groups is 1. The predicted octanol–water partition coefficient (Wildman–Crippen LogP) is 2.66. The molecule has 0 bridgehead atoms. The van der Waals surface area contributed by atoms with E-state index >= 15 is 0 Å². The summed E-state index contributed by atoms with van der Waals surface area (Å²) in [7, 11) is 2.17. The third-order valence-corrected chi connectivity index (χ3v) is 3.91. The molecule has 0 saturated heterocycles. The van der Waals surface area contributed by atoms with Crippen molar-refractivity contribution < 1.29 is 5.11 Å². The van der Waals surface area contributed by atoms with Crippen molar-refractivity contribution in [2.45, 2.75) is 57.9 Å². The zero-order valence-electron chi connectivity index (χ0n) is 10.4. The Balaban J connectivity index is 2.52. The Morgan fingerprint density at radius 2 is 1.80 bits per heavy atom. The van der Waals surface area contributed by atoms with Crippen LogP contribution < -0.4 is 0 Å². The van der Waals surface area contributed by atoms with Gasteiger partial charge in [0.05, 0.1) is 6.61 Å². The number of aliphatic hydroxyl groups excluding tert-OH is 1. The van der Waals surface area contributed by atoms with Gasteiger partial charge in [-0.1, -0.05) is 39.0 Å². The van der Waals surface area contributed by atoms with E-state index in [1.54, 1.807) is 0 Å². The number of rotatable bonds is 4. The minimum absolute atomic E-state index is 0.295. The first-order chi connectivity index (χ1) is 7.29. The van der Waals surface area contributed by atoms with Gasteiger partial charge in [0.15, 0.2) is 0 Å². The molecule has 0 aliphatic heterocycles. The van der Waals surface area contributed by atoms with E-state index in [-0.39, 0.29) is 0 Å². The molecular weight excluding hydrogens is 186 g/mol. The van der Waals surface area contributed by atoms with Gasteiger partial charge in [-0.05, 0) is 25.8 Å². The van der Waals surface area contributed by atoms with Crippen molar-refractivity contribution >= 4 is 0 Å². The first-order valence-electron chi connectivity index (χ1n) is 6.60. The molecule has 0 aromatic carbocycles. The normalized spacial score (nSPS) is 28.8. The third kappa shape index (κ3) is 4.12. The van der Waals surface area contributed by atoms with Crippen LogP contribution in [-0.2, 0) is 0 Å². The van der Waals surface area contributed by atoms with Crippen molar-refractivity contribution in [3.05, 3.63) is 0 Å². The SMILES string of the molecule is CCC1CCCCCCC1N(C)CCO. The van der Waals surface area contributed by atoms with Crippen LogP contribution in [0.25, 0.3) is 0 Å². The summed E-state index contributed by atoms with van der Waals surface area (Å²) in [5, 5.41) is 9.01. The van der Waals surface area contributed by atoms with Crippen LogP contribution in [0.3, 0.4) is 0 Å². The van der Waals surface area contributed by atoms with Gasteiger partial charge in [0.25, 0.3) is 0 Å². The maximum absolute atomic E-state index is 9.01. The molecule has 0 aromatic heterocycles. The van der Waals surface area contributed by atoms with Crippen LogP contribution in [0.4, 0.5) is 0 Å². The van der Waals surface area contributed by atoms with Gasteiger partial charge in [0.2, 0.25) is 0 Å². The van der Waals surface area contributed by atoms with Crippen LogP contribution in [0, 0.1) is 5.92 Å². The van der Waals surface area contributed by atoms with E-state index in [2.05, 4.69) is 18.9 Å². The molecule has 2 heteroatoms. The van der Waals surface area contributed by atoms with Gasteiger partial charge < -0.3 is 10.0 Å². The summed E-state index contributed by atoms with van der Waals surface area (Å²) in [6, 6.07) is 0.711. The van der Waals surface area contributed by atoms with Gasteiger partial charge in [-0.3, -0.25) is 0 Å². The van der Waals surface area contributed by atoms with E-state index < -0.39 is 0 Å². The molecule has 2 nitrogen and oxygen atoms in total. The molecule has 1 aliphatic rings. The van der Waals surface area contributed by atoms with Crippen LogP contribution in [0.2, 0.25) is 0 Å².